The molecule has 0 saturated carbocycles. The first kappa shape index (κ1) is 24.1. The van der Waals surface area contributed by atoms with Crippen LogP contribution in [0.1, 0.15) is 17.2 Å². The number of aromatic amines is 2. The van der Waals surface area contributed by atoms with E-state index in [-0.39, 0.29) is 22.8 Å². The first-order valence-corrected chi connectivity index (χ1v) is 11.6. The van der Waals surface area contributed by atoms with Gasteiger partial charge in [0, 0.05) is 30.8 Å². The number of fused-ring (bicyclic) bond motifs is 1. The summed E-state index contributed by atoms with van der Waals surface area (Å²) in [5, 5.41) is 25.0. The van der Waals surface area contributed by atoms with Gasteiger partial charge in [0.2, 0.25) is 0 Å². The van der Waals surface area contributed by atoms with E-state index in [9.17, 15) is 14.7 Å². The van der Waals surface area contributed by atoms with Crippen molar-refractivity contribution >= 4 is 40.1 Å². The summed E-state index contributed by atoms with van der Waals surface area (Å²) in [4.78, 5) is 38.4. The molecule has 0 spiro atoms. The van der Waals surface area contributed by atoms with Crippen molar-refractivity contribution in [3.8, 4) is 17.1 Å². The van der Waals surface area contributed by atoms with E-state index in [0.29, 0.717) is 22.6 Å². The number of imidazole rings is 2. The second-order valence-electron chi connectivity index (χ2n) is 8.38. The number of nitrogens with zero attached hydrogens (tertiary/aromatic N) is 3. The Morgan fingerprint density at radius 3 is 2.78 bits per heavy atom. The summed E-state index contributed by atoms with van der Waals surface area (Å²) in [6, 6.07) is 10.1. The van der Waals surface area contributed by atoms with Gasteiger partial charge in [-0.15, -0.1) is 0 Å². The molecule has 0 aliphatic carbocycles. The number of carbonyl (C=O) groups is 1. The van der Waals surface area contributed by atoms with Crippen LogP contribution in [0.5, 0.6) is 0 Å². The summed E-state index contributed by atoms with van der Waals surface area (Å²) in [6.45, 7) is 2.00. The molecule has 1 amide bonds. The van der Waals surface area contributed by atoms with Crippen molar-refractivity contribution in [1.29, 1.82) is 0 Å². The van der Waals surface area contributed by atoms with Crippen LogP contribution in [0.4, 0.5) is 16.2 Å². The molecule has 3 heterocycles. The van der Waals surface area contributed by atoms with E-state index in [1.807, 2.05) is 29.8 Å². The molecule has 12 heteroatoms. The zero-order chi connectivity index (χ0) is 26.1. The molecule has 0 aliphatic heterocycles. The fourth-order valence-electron chi connectivity index (χ4n) is 4.09. The molecule has 5 aromatic rings. The number of H-pyrrole nitrogens is 2. The summed E-state index contributed by atoms with van der Waals surface area (Å²) in [5.41, 5.74) is 4.45. The molecule has 0 radical (unpaired) electrons. The van der Waals surface area contributed by atoms with Gasteiger partial charge < -0.3 is 30.1 Å². The van der Waals surface area contributed by atoms with Gasteiger partial charge in [0.05, 0.1) is 39.9 Å². The molecule has 37 heavy (non-hydrogen) atoms. The number of hydrogen-bond donors (Lipinski definition) is 6. The molecular weight excluding hydrogens is 498 g/mol. The highest BCUT2D eigenvalue weighted by atomic mass is 35.5. The van der Waals surface area contributed by atoms with Gasteiger partial charge in [-0.3, -0.25) is 10.1 Å². The van der Waals surface area contributed by atoms with Crippen molar-refractivity contribution in [1.82, 2.24) is 24.5 Å². The average Bonchev–Trinajstić information content (AvgIpc) is 3.54. The first-order chi connectivity index (χ1) is 17.8. The lowest BCUT2D eigenvalue weighted by molar-refractivity contribution is 0.191. The minimum Gasteiger partial charge on any atom is -0.465 e. The lowest BCUT2D eigenvalue weighted by atomic mass is 10.1. The van der Waals surface area contributed by atoms with Gasteiger partial charge in [0.15, 0.2) is 0 Å². The van der Waals surface area contributed by atoms with Crippen LogP contribution >= 0.6 is 11.6 Å². The van der Waals surface area contributed by atoms with E-state index in [1.54, 1.807) is 24.7 Å². The number of aliphatic hydroxyl groups is 1. The number of carboxylic acid groups (broad SMARTS) is 1. The Morgan fingerprint density at radius 1 is 1.22 bits per heavy atom. The number of nitrogens with one attached hydrogen (secondary N) is 4. The number of pyridine rings is 1. The molecule has 3 aromatic heterocycles. The quantitative estimate of drug-likeness (QED) is 0.187. The summed E-state index contributed by atoms with van der Waals surface area (Å²) < 4.78 is 1.88. The molecule has 6 N–H and O–H groups in total. The van der Waals surface area contributed by atoms with Crippen LogP contribution in [0.25, 0.3) is 28.1 Å². The Hall–Kier alpha value is -4.61. The Kier molecular flexibility index (Phi) is 6.38. The highest BCUT2D eigenvalue weighted by molar-refractivity contribution is 6.33. The van der Waals surface area contributed by atoms with Crippen molar-refractivity contribution < 1.29 is 15.0 Å². The van der Waals surface area contributed by atoms with Crippen molar-refractivity contribution in [2.24, 2.45) is 0 Å². The number of aryl methyl sites for hydroxylation is 1. The molecule has 2 aromatic carbocycles. The molecule has 188 valence electrons. The highest BCUT2D eigenvalue weighted by Crippen LogP contribution is 2.29. The van der Waals surface area contributed by atoms with Crippen molar-refractivity contribution in [3.05, 3.63) is 87.8 Å². The summed E-state index contributed by atoms with van der Waals surface area (Å²) in [6.07, 6.45) is 4.53. The van der Waals surface area contributed by atoms with E-state index in [1.165, 1.54) is 18.3 Å². The monoisotopic (exact) mass is 519 g/mol. The molecule has 1 atom stereocenters. The molecule has 11 nitrogen and oxygen atoms in total. The second kappa shape index (κ2) is 9.80. The van der Waals surface area contributed by atoms with Crippen LogP contribution < -0.4 is 16.2 Å². The molecule has 5 rings (SSSR count). The highest BCUT2D eigenvalue weighted by Gasteiger charge is 2.18. The van der Waals surface area contributed by atoms with Gasteiger partial charge in [-0.2, -0.15) is 0 Å². The van der Waals surface area contributed by atoms with E-state index < -0.39 is 12.2 Å². The number of halogens is 1. The third-order valence-electron chi connectivity index (χ3n) is 5.87. The minimum absolute atomic E-state index is 0.0581. The van der Waals surface area contributed by atoms with Crippen molar-refractivity contribution in [2.75, 3.05) is 17.2 Å². The SMILES string of the molecule is Cc1cc(-n2ccnc2)cc2[nH]c(-c3c(NCC(O)c4ccc(NC(=O)O)c(Cl)c4)cc[nH]c3=O)nc12. The number of rotatable bonds is 7. The predicted octanol–water partition coefficient (Wildman–Crippen LogP) is 4.30. The maximum absolute atomic E-state index is 12.8. The third kappa shape index (κ3) is 4.90. The van der Waals surface area contributed by atoms with Gasteiger partial charge >= 0.3 is 6.09 Å². The number of aliphatic hydroxyl groups excluding tert-OH is 1. The van der Waals surface area contributed by atoms with Crippen molar-refractivity contribution in [3.63, 3.8) is 0 Å². The van der Waals surface area contributed by atoms with Gasteiger partial charge in [0.25, 0.3) is 5.56 Å². The van der Waals surface area contributed by atoms with Gasteiger partial charge in [-0.1, -0.05) is 17.7 Å². The summed E-state index contributed by atoms with van der Waals surface area (Å²) in [7, 11) is 0. The smallest absolute Gasteiger partial charge is 0.409 e. The number of anilines is 2. The first-order valence-electron chi connectivity index (χ1n) is 11.2. The number of amides is 1. The molecule has 0 saturated heterocycles. The van der Waals surface area contributed by atoms with Gasteiger partial charge in [-0.05, 0) is 48.4 Å². The Labute approximate surface area is 214 Å². The van der Waals surface area contributed by atoms with Crippen LogP contribution in [-0.4, -0.2) is 47.4 Å². The Morgan fingerprint density at radius 2 is 2.05 bits per heavy atom. The van der Waals surface area contributed by atoms with Crippen LogP contribution in [-0.2, 0) is 0 Å². The van der Waals surface area contributed by atoms with Crippen LogP contribution in [0.2, 0.25) is 5.02 Å². The summed E-state index contributed by atoms with van der Waals surface area (Å²) >= 11 is 6.14. The molecular formula is C25H22ClN7O4. The number of hydrogen-bond acceptors (Lipinski definition) is 6. The third-order valence-corrected chi connectivity index (χ3v) is 6.18. The van der Waals surface area contributed by atoms with Gasteiger partial charge in [-0.25, -0.2) is 14.8 Å². The van der Waals surface area contributed by atoms with Crippen LogP contribution in [0.15, 0.2) is 66.1 Å². The van der Waals surface area contributed by atoms with Crippen LogP contribution in [0.3, 0.4) is 0 Å². The molecule has 1 unspecified atom stereocenters. The van der Waals surface area contributed by atoms with Crippen LogP contribution in [0, 0.1) is 6.92 Å². The maximum atomic E-state index is 12.8. The van der Waals surface area contributed by atoms with E-state index in [0.717, 1.165) is 22.3 Å². The fraction of sp³-hybridized carbons (Fsp3) is 0.120. The average molecular weight is 520 g/mol. The summed E-state index contributed by atoms with van der Waals surface area (Å²) in [5.74, 6) is 0.381. The lowest BCUT2D eigenvalue weighted by Gasteiger charge is -2.16. The normalized spacial score (nSPS) is 12.0. The van der Waals surface area contributed by atoms with E-state index >= 15 is 0 Å². The maximum Gasteiger partial charge on any atom is 0.409 e. The second-order valence-corrected chi connectivity index (χ2v) is 8.78. The Bertz CT molecular complexity index is 1660. The topological polar surface area (TPSA) is 161 Å². The number of benzene rings is 2. The Balaban J connectivity index is 1.42. The minimum atomic E-state index is -1.24. The van der Waals surface area contributed by atoms with Gasteiger partial charge in [0.1, 0.15) is 11.4 Å². The molecule has 0 aliphatic rings. The van der Waals surface area contributed by atoms with E-state index in [2.05, 4.69) is 30.6 Å². The van der Waals surface area contributed by atoms with Crippen molar-refractivity contribution in [2.45, 2.75) is 13.0 Å². The predicted molar refractivity (Wildman–Crippen MR) is 141 cm³/mol. The zero-order valence-electron chi connectivity index (χ0n) is 19.5. The zero-order valence-corrected chi connectivity index (χ0v) is 20.2. The molecule has 0 bridgehead atoms. The molecule has 0 fully saturated rings. The lowest BCUT2D eigenvalue weighted by Crippen LogP contribution is -2.17. The number of aromatic nitrogens is 5. The largest absolute Gasteiger partial charge is 0.465 e. The standard InChI is InChI=1S/C25H22ClN7O4/c1-13-8-15(33-7-6-27-12-33)10-19-22(13)32-23(30-19)21-18(4-5-28-24(21)35)29-11-20(34)14-2-3-17(16(26)9-14)31-25(36)37/h2-10,12,20,31,34H,11H2,1H3,(H,30,32)(H,36,37)(H2,28,29,35). The fourth-order valence-corrected chi connectivity index (χ4v) is 4.33. The van der Waals surface area contributed by atoms with E-state index in [4.69, 9.17) is 16.7 Å².